The Bertz CT molecular complexity index is 771. The highest BCUT2D eigenvalue weighted by Gasteiger charge is 2.15. The number of anilines is 4. The zero-order valence-electron chi connectivity index (χ0n) is 14.6. The molecule has 1 fully saturated rings. The Morgan fingerprint density at radius 1 is 0.885 bits per heavy atom. The first-order valence-electron chi connectivity index (χ1n) is 8.49. The number of urea groups is 1. The lowest BCUT2D eigenvalue weighted by molar-refractivity contribution is -0.114. The quantitative estimate of drug-likeness (QED) is 0.788. The van der Waals surface area contributed by atoms with Crippen LogP contribution in [-0.2, 0) is 9.53 Å². The van der Waals surface area contributed by atoms with E-state index in [1.165, 1.54) is 6.92 Å². The summed E-state index contributed by atoms with van der Waals surface area (Å²) in [5.41, 5.74) is 3.05. The van der Waals surface area contributed by atoms with Crippen LogP contribution in [-0.4, -0.2) is 38.2 Å². The van der Waals surface area contributed by atoms with E-state index in [0.717, 1.165) is 24.5 Å². The molecule has 0 spiro atoms. The number of ether oxygens (including phenoxy) is 1. The maximum atomic E-state index is 12.3. The van der Waals surface area contributed by atoms with Gasteiger partial charge in [0.15, 0.2) is 0 Å². The SMILES string of the molecule is CC(=O)Nc1ccc(NC(=O)Nc2ccccc2N2CCOCC2)cc1. The number of rotatable bonds is 4. The van der Waals surface area contributed by atoms with Gasteiger partial charge in [0.05, 0.1) is 24.6 Å². The van der Waals surface area contributed by atoms with Gasteiger partial charge in [-0.3, -0.25) is 4.79 Å². The van der Waals surface area contributed by atoms with Crippen molar-refractivity contribution in [1.82, 2.24) is 0 Å². The molecule has 1 aliphatic rings. The second-order valence-electron chi connectivity index (χ2n) is 5.95. The van der Waals surface area contributed by atoms with E-state index in [4.69, 9.17) is 4.74 Å². The van der Waals surface area contributed by atoms with Gasteiger partial charge in [0.2, 0.25) is 5.91 Å². The van der Waals surface area contributed by atoms with Crippen molar-refractivity contribution in [3.05, 3.63) is 48.5 Å². The topological polar surface area (TPSA) is 82.7 Å². The number of nitrogens with one attached hydrogen (secondary N) is 3. The highest BCUT2D eigenvalue weighted by molar-refractivity contribution is 6.02. The van der Waals surface area contributed by atoms with Crippen LogP contribution in [0, 0.1) is 0 Å². The van der Waals surface area contributed by atoms with E-state index in [2.05, 4.69) is 20.9 Å². The lowest BCUT2D eigenvalue weighted by Gasteiger charge is -2.30. The van der Waals surface area contributed by atoms with Crippen LogP contribution in [0.25, 0.3) is 0 Å². The van der Waals surface area contributed by atoms with E-state index < -0.39 is 0 Å². The second-order valence-corrected chi connectivity index (χ2v) is 5.95. The highest BCUT2D eigenvalue weighted by Crippen LogP contribution is 2.26. The Kier molecular flexibility index (Phi) is 5.70. The molecule has 0 saturated carbocycles. The standard InChI is InChI=1S/C19H22N4O3/c1-14(24)20-15-6-8-16(9-7-15)21-19(25)22-17-4-2-3-5-18(17)23-10-12-26-13-11-23/h2-9H,10-13H2,1H3,(H,20,24)(H2,21,22,25). The first kappa shape index (κ1) is 17.8. The number of hydrogen-bond donors (Lipinski definition) is 3. The van der Waals surface area contributed by atoms with Crippen molar-refractivity contribution in [2.24, 2.45) is 0 Å². The Labute approximate surface area is 152 Å². The van der Waals surface area contributed by atoms with Gasteiger partial charge in [0.25, 0.3) is 0 Å². The summed E-state index contributed by atoms with van der Waals surface area (Å²) in [5.74, 6) is -0.136. The predicted octanol–water partition coefficient (Wildman–Crippen LogP) is 3.13. The number of benzene rings is 2. The Morgan fingerprint density at radius 3 is 2.15 bits per heavy atom. The van der Waals surface area contributed by atoms with Crippen molar-refractivity contribution in [1.29, 1.82) is 0 Å². The summed E-state index contributed by atoms with van der Waals surface area (Å²) in [6.45, 7) is 4.41. The largest absolute Gasteiger partial charge is 0.378 e. The van der Waals surface area contributed by atoms with E-state index in [0.29, 0.717) is 24.6 Å². The number of hydrogen-bond acceptors (Lipinski definition) is 4. The van der Waals surface area contributed by atoms with Crippen LogP contribution in [0.15, 0.2) is 48.5 Å². The molecule has 136 valence electrons. The van der Waals surface area contributed by atoms with Crippen molar-refractivity contribution >= 4 is 34.7 Å². The Balaban J connectivity index is 1.64. The molecule has 1 aliphatic heterocycles. The average Bonchev–Trinajstić information content (AvgIpc) is 2.64. The fraction of sp³-hybridized carbons (Fsp3) is 0.263. The average molecular weight is 354 g/mol. The van der Waals surface area contributed by atoms with Gasteiger partial charge in [0.1, 0.15) is 0 Å². The van der Waals surface area contributed by atoms with Crippen molar-refractivity contribution in [3.8, 4) is 0 Å². The molecule has 2 aromatic carbocycles. The molecule has 26 heavy (non-hydrogen) atoms. The van der Waals surface area contributed by atoms with Crippen LogP contribution < -0.4 is 20.9 Å². The first-order valence-corrected chi connectivity index (χ1v) is 8.49. The molecule has 0 atom stereocenters. The van der Waals surface area contributed by atoms with Gasteiger partial charge in [-0.15, -0.1) is 0 Å². The molecule has 1 heterocycles. The summed E-state index contributed by atoms with van der Waals surface area (Å²) in [6.07, 6.45) is 0. The third-order valence-corrected chi connectivity index (χ3v) is 3.97. The van der Waals surface area contributed by atoms with Gasteiger partial charge in [-0.1, -0.05) is 12.1 Å². The Morgan fingerprint density at radius 2 is 1.50 bits per heavy atom. The second kappa shape index (κ2) is 8.35. The third kappa shape index (κ3) is 4.73. The maximum Gasteiger partial charge on any atom is 0.323 e. The molecule has 2 aromatic rings. The van der Waals surface area contributed by atoms with E-state index in [1.54, 1.807) is 24.3 Å². The normalized spacial score (nSPS) is 13.8. The molecule has 0 unspecified atom stereocenters. The zero-order valence-corrected chi connectivity index (χ0v) is 14.6. The molecule has 0 bridgehead atoms. The molecule has 3 amide bonds. The monoisotopic (exact) mass is 354 g/mol. The number of nitrogens with zero attached hydrogens (tertiary/aromatic N) is 1. The van der Waals surface area contributed by atoms with Crippen molar-refractivity contribution in [2.45, 2.75) is 6.92 Å². The summed E-state index contributed by atoms with van der Waals surface area (Å²) in [4.78, 5) is 25.6. The minimum Gasteiger partial charge on any atom is -0.378 e. The number of carbonyl (C=O) groups excluding carboxylic acids is 2. The molecule has 3 N–H and O–H groups in total. The summed E-state index contributed by atoms with van der Waals surface area (Å²) in [6, 6.07) is 14.3. The van der Waals surface area contributed by atoms with Gasteiger partial charge in [-0.25, -0.2) is 4.79 Å². The molecule has 0 radical (unpaired) electrons. The molecule has 1 saturated heterocycles. The molecule has 7 nitrogen and oxygen atoms in total. The lowest BCUT2D eigenvalue weighted by atomic mass is 10.2. The fourth-order valence-corrected chi connectivity index (χ4v) is 2.78. The van der Waals surface area contributed by atoms with Gasteiger partial charge < -0.3 is 25.6 Å². The number of morpholine rings is 1. The number of para-hydroxylation sites is 2. The molecular weight excluding hydrogens is 332 g/mol. The molecule has 0 aromatic heterocycles. The minimum absolute atomic E-state index is 0.136. The Hall–Kier alpha value is -3.06. The van der Waals surface area contributed by atoms with Crippen LogP contribution in [0.4, 0.5) is 27.5 Å². The smallest absolute Gasteiger partial charge is 0.323 e. The van der Waals surface area contributed by atoms with Gasteiger partial charge in [-0.2, -0.15) is 0 Å². The van der Waals surface area contributed by atoms with Crippen LogP contribution in [0.1, 0.15) is 6.92 Å². The summed E-state index contributed by atoms with van der Waals surface area (Å²) in [5, 5.41) is 8.38. The zero-order chi connectivity index (χ0) is 18.4. The van der Waals surface area contributed by atoms with Crippen molar-refractivity contribution in [3.63, 3.8) is 0 Å². The van der Waals surface area contributed by atoms with E-state index >= 15 is 0 Å². The molecule has 3 rings (SSSR count). The van der Waals surface area contributed by atoms with E-state index in [9.17, 15) is 9.59 Å². The third-order valence-electron chi connectivity index (χ3n) is 3.97. The lowest BCUT2D eigenvalue weighted by Crippen LogP contribution is -2.36. The predicted molar refractivity (Wildman–Crippen MR) is 103 cm³/mol. The summed E-state index contributed by atoms with van der Waals surface area (Å²) in [7, 11) is 0. The van der Waals surface area contributed by atoms with Crippen molar-refractivity contribution in [2.75, 3.05) is 47.2 Å². The molecule has 0 aliphatic carbocycles. The fourth-order valence-electron chi connectivity index (χ4n) is 2.78. The van der Waals surface area contributed by atoms with Gasteiger partial charge >= 0.3 is 6.03 Å². The van der Waals surface area contributed by atoms with Crippen LogP contribution in [0.3, 0.4) is 0 Å². The summed E-state index contributed by atoms with van der Waals surface area (Å²) < 4.78 is 5.39. The van der Waals surface area contributed by atoms with Crippen molar-refractivity contribution < 1.29 is 14.3 Å². The minimum atomic E-state index is -0.321. The van der Waals surface area contributed by atoms with E-state index in [-0.39, 0.29) is 11.9 Å². The van der Waals surface area contributed by atoms with E-state index in [1.807, 2.05) is 24.3 Å². The number of amides is 3. The molecule has 7 heteroatoms. The van der Waals surface area contributed by atoms with Crippen LogP contribution >= 0.6 is 0 Å². The maximum absolute atomic E-state index is 12.3. The van der Waals surface area contributed by atoms with Crippen LogP contribution in [0.5, 0.6) is 0 Å². The molecular formula is C19H22N4O3. The van der Waals surface area contributed by atoms with Gasteiger partial charge in [0, 0.05) is 31.4 Å². The number of carbonyl (C=O) groups is 2. The van der Waals surface area contributed by atoms with Crippen LogP contribution in [0.2, 0.25) is 0 Å². The first-order chi connectivity index (χ1) is 12.6. The van der Waals surface area contributed by atoms with Gasteiger partial charge in [-0.05, 0) is 36.4 Å². The highest BCUT2D eigenvalue weighted by atomic mass is 16.5. The summed E-state index contributed by atoms with van der Waals surface area (Å²) >= 11 is 0.